The smallest absolute Gasteiger partial charge is 0.338 e. The molecule has 0 aliphatic heterocycles. The number of fused-ring (bicyclic) bond motifs is 1. The van der Waals surface area contributed by atoms with Gasteiger partial charge in [0.15, 0.2) is 5.82 Å². The molecule has 0 saturated heterocycles. The molecular formula is C22H14BrClF3N3. The van der Waals surface area contributed by atoms with Gasteiger partial charge in [0.1, 0.15) is 0 Å². The van der Waals surface area contributed by atoms with Crippen LogP contribution in [0.15, 0.2) is 71.2 Å². The highest BCUT2D eigenvalue weighted by Crippen LogP contribution is 2.35. The molecule has 3 aromatic carbocycles. The second-order valence-electron chi connectivity index (χ2n) is 6.70. The normalized spacial score (nSPS) is 11.6. The summed E-state index contributed by atoms with van der Waals surface area (Å²) in [5.41, 5.74) is 1.31. The van der Waals surface area contributed by atoms with E-state index >= 15 is 0 Å². The van der Waals surface area contributed by atoms with E-state index in [9.17, 15) is 13.2 Å². The van der Waals surface area contributed by atoms with Gasteiger partial charge in [0.25, 0.3) is 0 Å². The van der Waals surface area contributed by atoms with Gasteiger partial charge >= 0.3 is 6.18 Å². The fourth-order valence-electron chi connectivity index (χ4n) is 3.14. The summed E-state index contributed by atoms with van der Waals surface area (Å²) >= 11 is 9.08. The molecular weight excluding hydrogens is 479 g/mol. The van der Waals surface area contributed by atoms with Crippen molar-refractivity contribution in [2.24, 2.45) is 0 Å². The van der Waals surface area contributed by atoms with E-state index in [4.69, 9.17) is 11.6 Å². The molecule has 0 aliphatic carbocycles. The van der Waals surface area contributed by atoms with Gasteiger partial charge in [-0.05, 0) is 35.9 Å². The number of alkyl halides is 3. The number of aromatic nitrogens is 2. The van der Waals surface area contributed by atoms with Crippen LogP contribution in [0.25, 0.3) is 10.8 Å². The molecule has 0 fully saturated rings. The number of nitrogens with one attached hydrogen (secondary N) is 1. The van der Waals surface area contributed by atoms with Crippen molar-refractivity contribution in [1.29, 1.82) is 0 Å². The molecule has 1 N–H and O–H groups in total. The van der Waals surface area contributed by atoms with Gasteiger partial charge in [0.05, 0.1) is 11.3 Å². The molecule has 8 heteroatoms. The summed E-state index contributed by atoms with van der Waals surface area (Å²) in [5.74, 6) is 0.386. The van der Waals surface area contributed by atoms with Crippen molar-refractivity contribution in [3.05, 3.63) is 93.0 Å². The molecule has 0 unspecified atom stereocenters. The number of nitrogens with zero attached hydrogens (tertiary/aromatic N) is 2. The maximum atomic E-state index is 13.1. The zero-order valence-corrected chi connectivity index (χ0v) is 17.7. The monoisotopic (exact) mass is 491 g/mol. The van der Waals surface area contributed by atoms with Crippen LogP contribution in [0, 0.1) is 0 Å². The van der Waals surface area contributed by atoms with Gasteiger partial charge in [-0.2, -0.15) is 18.3 Å². The Hall–Kier alpha value is -2.64. The first kappa shape index (κ1) is 20.6. The topological polar surface area (TPSA) is 37.8 Å². The van der Waals surface area contributed by atoms with Crippen molar-refractivity contribution in [2.45, 2.75) is 12.6 Å². The quantitative estimate of drug-likeness (QED) is 0.322. The van der Waals surface area contributed by atoms with Gasteiger partial charge in [-0.1, -0.05) is 63.9 Å². The Bertz CT molecular complexity index is 1210. The van der Waals surface area contributed by atoms with Crippen molar-refractivity contribution in [2.75, 3.05) is 5.32 Å². The predicted octanol–water partition coefficient (Wildman–Crippen LogP) is 7.40. The average molecular weight is 493 g/mol. The van der Waals surface area contributed by atoms with Crippen molar-refractivity contribution < 1.29 is 13.2 Å². The van der Waals surface area contributed by atoms with E-state index < -0.39 is 11.7 Å². The second kappa shape index (κ2) is 8.24. The Morgan fingerprint density at radius 1 is 0.900 bits per heavy atom. The number of hydrogen-bond acceptors (Lipinski definition) is 3. The van der Waals surface area contributed by atoms with Crippen LogP contribution in [0.3, 0.4) is 0 Å². The molecule has 3 nitrogen and oxygen atoms in total. The third kappa shape index (κ3) is 4.57. The Balaban J connectivity index is 1.71. The van der Waals surface area contributed by atoms with Crippen LogP contribution in [0.1, 0.15) is 16.8 Å². The molecule has 0 bridgehead atoms. The molecule has 0 amide bonds. The molecule has 0 spiro atoms. The largest absolute Gasteiger partial charge is 0.416 e. The van der Waals surface area contributed by atoms with E-state index in [1.54, 1.807) is 6.07 Å². The molecule has 4 aromatic rings. The van der Waals surface area contributed by atoms with E-state index in [2.05, 4.69) is 31.4 Å². The maximum absolute atomic E-state index is 13.1. The number of hydrogen-bond donors (Lipinski definition) is 1. The second-order valence-corrected chi connectivity index (χ2v) is 8.05. The highest BCUT2D eigenvalue weighted by Gasteiger charge is 2.31. The summed E-state index contributed by atoms with van der Waals surface area (Å²) in [6.45, 7) is 0. The summed E-state index contributed by atoms with van der Waals surface area (Å²) in [7, 11) is 0. The van der Waals surface area contributed by atoms with Gasteiger partial charge in [0.2, 0.25) is 0 Å². The van der Waals surface area contributed by atoms with Crippen LogP contribution in [-0.2, 0) is 12.6 Å². The minimum Gasteiger partial charge on any atom is -0.338 e. The van der Waals surface area contributed by atoms with Crippen molar-refractivity contribution in [3.63, 3.8) is 0 Å². The van der Waals surface area contributed by atoms with Crippen molar-refractivity contribution in [3.8, 4) is 0 Å². The SMILES string of the molecule is FC(F)(F)c1cc(Br)cc(Nc2nnc(Cc3ccc(Cl)cc3)c3ccccc23)c1. The number of rotatable bonds is 4. The van der Waals surface area contributed by atoms with Gasteiger partial charge in [-0.3, -0.25) is 0 Å². The summed E-state index contributed by atoms with van der Waals surface area (Å²) in [4.78, 5) is 0. The molecule has 0 aliphatic rings. The lowest BCUT2D eigenvalue weighted by molar-refractivity contribution is -0.137. The van der Waals surface area contributed by atoms with Crippen LogP contribution in [0.5, 0.6) is 0 Å². The van der Waals surface area contributed by atoms with E-state index in [-0.39, 0.29) is 5.69 Å². The average Bonchev–Trinajstić information content (AvgIpc) is 2.70. The highest BCUT2D eigenvalue weighted by molar-refractivity contribution is 9.10. The molecule has 1 aromatic heterocycles. The van der Waals surface area contributed by atoms with Gasteiger partial charge in [-0.25, -0.2) is 0 Å². The molecule has 0 atom stereocenters. The van der Waals surface area contributed by atoms with Crippen LogP contribution < -0.4 is 5.32 Å². The van der Waals surface area contributed by atoms with Crippen LogP contribution in [0.4, 0.5) is 24.7 Å². The standard InChI is InChI=1S/C22H14BrClF3N3/c23-15-10-14(22(25,26)27)11-17(12-15)28-21-19-4-2-1-3-18(19)20(29-30-21)9-13-5-7-16(24)8-6-13/h1-8,10-12H,9H2,(H,28,30). The minimum absolute atomic E-state index is 0.265. The summed E-state index contributed by atoms with van der Waals surface area (Å²) in [6.07, 6.45) is -3.89. The van der Waals surface area contributed by atoms with E-state index in [0.717, 1.165) is 34.2 Å². The lowest BCUT2D eigenvalue weighted by Gasteiger charge is -2.13. The molecule has 1 heterocycles. The molecule has 30 heavy (non-hydrogen) atoms. The molecule has 152 valence electrons. The van der Waals surface area contributed by atoms with E-state index in [0.29, 0.717) is 21.7 Å². The fourth-order valence-corrected chi connectivity index (χ4v) is 3.76. The zero-order valence-electron chi connectivity index (χ0n) is 15.3. The lowest BCUT2D eigenvalue weighted by Crippen LogP contribution is -2.06. The number of halogens is 5. The van der Waals surface area contributed by atoms with Crippen LogP contribution in [-0.4, -0.2) is 10.2 Å². The maximum Gasteiger partial charge on any atom is 0.416 e. The Labute approximate surface area is 184 Å². The van der Waals surface area contributed by atoms with Crippen molar-refractivity contribution >= 4 is 49.8 Å². The van der Waals surface area contributed by atoms with Crippen LogP contribution in [0.2, 0.25) is 5.02 Å². The van der Waals surface area contributed by atoms with Crippen LogP contribution >= 0.6 is 27.5 Å². The third-order valence-electron chi connectivity index (χ3n) is 4.54. The van der Waals surface area contributed by atoms with Gasteiger partial charge in [0, 0.05) is 32.4 Å². The first-order chi connectivity index (χ1) is 14.3. The first-order valence-electron chi connectivity index (χ1n) is 8.93. The number of benzene rings is 3. The minimum atomic E-state index is -4.45. The fraction of sp³-hybridized carbons (Fsp3) is 0.0909. The third-order valence-corrected chi connectivity index (χ3v) is 5.25. The first-order valence-corrected chi connectivity index (χ1v) is 10.1. The summed E-state index contributed by atoms with van der Waals surface area (Å²) < 4.78 is 39.7. The lowest BCUT2D eigenvalue weighted by atomic mass is 10.0. The van der Waals surface area contributed by atoms with Crippen molar-refractivity contribution in [1.82, 2.24) is 10.2 Å². The van der Waals surface area contributed by atoms with E-state index in [1.165, 1.54) is 0 Å². The molecule has 0 saturated carbocycles. The van der Waals surface area contributed by atoms with Gasteiger partial charge < -0.3 is 5.32 Å². The van der Waals surface area contributed by atoms with Gasteiger partial charge in [-0.15, -0.1) is 5.10 Å². The zero-order chi connectivity index (χ0) is 21.3. The summed E-state index contributed by atoms with van der Waals surface area (Å²) in [6, 6.07) is 18.6. The molecule has 0 radical (unpaired) electrons. The highest BCUT2D eigenvalue weighted by atomic mass is 79.9. The predicted molar refractivity (Wildman–Crippen MR) is 116 cm³/mol. The number of anilines is 2. The Kier molecular flexibility index (Phi) is 5.66. The van der Waals surface area contributed by atoms with E-state index in [1.807, 2.05) is 48.5 Å². The Morgan fingerprint density at radius 3 is 2.30 bits per heavy atom. The summed E-state index contributed by atoms with van der Waals surface area (Å²) in [5, 5.41) is 13.9. The Morgan fingerprint density at radius 2 is 1.60 bits per heavy atom. The molecule has 4 rings (SSSR count).